The average Bonchev–Trinajstić information content (AvgIpc) is 3.27. The first-order valence-corrected chi connectivity index (χ1v) is 10.4. The molecule has 0 saturated carbocycles. The molecule has 0 aliphatic carbocycles. The molecule has 1 fully saturated rings. The zero-order valence-electron chi connectivity index (χ0n) is 17.4. The van der Waals surface area contributed by atoms with Crippen LogP contribution in [-0.4, -0.2) is 28.2 Å². The van der Waals surface area contributed by atoms with Crippen LogP contribution in [0.3, 0.4) is 0 Å². The predicted octanol–water partition coefficient (Wildman–Crippen LogP) is 3.47. The minimum atomic E-state index is -0.890. The second kappa shape index (κ2) is 6.94. The van der Waals surface area contributed by atoms with Crippen molar-refractivity contribution in [3.05, 3.63) is 99.0 Å². The molecule has 2 aliphatic rings. The van der Waals surface area contributed by atoms with E-state index in [1.165, 1.54) is 0 Å². The minimum Gasteiger partial charge on any atom is -0.330 e. The summed E-state index contributed by atoms with van der Waals surface area (Å²) in [6, 6.07) is 18.6. The first-order valence-electron chi connectivity index (χ1n) is 10.4. The largest absolute Gasteiger partial charge is 0.330 e. The molecule has 2 aliphatic heterocycles. The van der Waals surface area contributed by atoms with E-state index in [2.05, 4.69) is 10.3 Å². The van der Waals surface area contributed by atoms with Gasteiger partial charge < -0.3 is 15.2 Å². The van der Waals surface area contributed by atoms with E-state index < -0.39 is 17.0 Å². The number of carbonyl (C=O) groups excluding carboxylic acids is 2. The highest BCUT2D eigenvalue weighted by atomic mass is 16.2. The number of anilines is 1. The summed E-state index contributed by atoms with van der Waals surface area (Å²) < 4.78 is 0. The Morgan fingerprint density at radius 3 is 2.48 bits per heavy atom. The van der Waals surface area contributed by atoms with Gasteiger partial charge in [0.25, 0.3) is 11.5 Å². The number of para-hydroxylation sites is 1. The van der Waals surface area contributed by atoms with E-state index in [4.69, 9.17) is 0 Å². The third-order valence-electron chi connectivity index (χ3n) is 6.54. The predicted molar refractivity (Wildman–Crippen MR) is 118 cm³/mol. The average molecular weight is 413 g/mol. The number of benzene rings is 2. The third-order valence-corrected chi connectivity index (χ3v) is 6.54. The summed E-state index contributed by atoms with van der Waals surface area (Å²) in [6.07, 6.45) is 0.490. The molecule has 2 amide bonds. The number of nitrogens with one attached hydrogen (secondary N) is 2. The van der Waals surface area contributed by atoms with Crippen molar-refractivity contribution in [1.82, 2.24) is 9.88 Å². The van der Waals surface area contributed by atoms with E-state index in [1.807, 2.05) is 54.6 Å². The fraction of sp³-hybridized carbons (Fsp3) is 0.240. The van der Waals surface area contributed by atoms with Crippen LogP contribution in [0.5, 0.6) is 0 Å². The number of carbonyl (C=O) groups is 2. The highest BCUT2D eigenvalue weighted by Gasteiger charge is 2.59. The maximum absolute atomic E-state index is 13.7. The molecule has 6 heteroatoms. The van der Waals surface area contributed by atoms with Gasteiger partial charge in [0.15, 0.2) is 0 Å². The highest BCUT2D eigenvalue weighted by Crippen LogP contribution is 2.54. The summed E-state index contributed by atoms with van der Waals surface area (Å²) in [5.74, 6) is -0.450. The van der Waals surface area contributed by atoms with Crippen LogP contribution in [0.2, 0.25) is 0 Å². The van der Waals surface area contributed by atoms with Gasteiger partial charge in [-0.25, -0.2) is 0 Å². The smallest absolute Gasteiger partial charge is 0.261 e. The summed E-state index contributed by atoms with van der Waals surface area (Å²) in [7, 11) is 0. The van der Waals surface area contributed by atoms with Crippen molar-refractivity contribution in [3.63, 3.8) is 0 Å². The number of H-pyrrole nitrogens is 1. The zero-order chi connectivity index (χ0) is 21.8. The van der Waals surface area contributed by atoms with Crippen LogP contribution in [0, 0.1) is 13.8 Å². The van der Waals surface area contributed by atoms with Crippen molar-refractivity contribution in [1.29, 1.82) is 0 Å². The number of amides is 2. The lowest BCUT2D eigenvalue weighted by molar-refractivity contribution is -0.121. The monoisotopic (exact) mass is 413 g/mol. The van der Waals surface area contributed by atoms with E-state index >= 15 is 0 Å². The number of rotatable bonds is 2. The van der Waals surface area contributed by atoms with Crippen LogP contribution in [0.25, 0.3) is 0 Å². The molecule has 2 unspecified atom stereocenters. The van der Waals surface area contributed by atoms with E-state index in [0.29, 0.717) is 24.2 Å². The highest BCUT2D eigenvalue weighted by molar-refractivity contribution is 6.08. The quantitative estimate of drug-likeness (QED) is 0.675. The first kappa shape index (κ1) is 19.3. The molecule has 31 heavy (non-hydrogen) atoms. The molecule has 1 aromatic heterocycles. The minimum absolute atomic E-state index is 0.104. The molecular weight excluding hydrogens is 390 g/mol. The summed E-state index contributed by atoms with van der Waals surface area (Å²) in [5, 5.41) is 3.01. The van der Waals surface area contributed by atoms with Gasteiger partial charge in [-0.1, -0.05) is 48.5 Å². The Bertz CT molecular complexity index is 1260. The summed E-state index contributed by atoms with van der Waals surface area (Å²) in [5.41, 5.74) is 2.75. The Morgan fingerprint density at radius 2 is 1.74 bits per heavy atom. The van der Waals surface area contributed by atoms with E-state index in [0.717, 1.165) is 16.8 Å². The Morgan fingerprint density at radius 1 is 1.03 bits per heavy atom. The van der Waals surface area contributed by atoms with Gasteiger partial charge in [0.1, 0.15) is 11.0 Å². The molecule has 5 rings (SSSR count). The fourth-order valence-electron chi connectivity index (χ4n) is 5.27. The second-order valence-corrected chi connectivity index (χ2v) is 8.37. The topological polar surface area (TPSA) is 82.3 Å². The SMILES string of the molecule is Cc1cc(C)c(C(=O)N2CCC3(C(=O)Nc4ccccc43)C2c2ccccc2)c(=O)[nH]1. The Labute approximate surface area is 179 Å². The lowest BCUT2D eigenvalue weighted by atomic mass is 9.72. The Kier molecular flexibility index (Phi) is 4.32. The number of likely N-dealkylation sites (tertiary alicyclic amines) is 1. The molecule has 2 aromatic carbocycles. The Hall–Kier alpha value is -3.67. The molecule has 1 saturated heterocycles. The normalized spacial score (nSPS) is 21.9. The number of pyridine rings is 1. The zero-order valence-corrected chi connectivity index (χ0v) is 17.4. The molecule has 1 spiro atoms. The van der Waals surface area contributed by atoms with E-state index in [-0.39, 0.29) is 17.4 Å². The van der Waals surface area contributed by atoms with Crippen LogP contribution in [-0.2, 0) is 10.2 Å². The summed E-state index contributed by atoms with van der Waals surface area (Å²) >= 11 is 0. The molecule has 3 heterocycles. The van der Waals surface area contributed by atoms with Gasteiger partial charge in [-0.05, 0) is 49.1 Å². The van der Waals surface area contributed by atoms with Crippen LogP contribution >= 0.6 is 0 Å². The van der Waals surface area contributed by atoms with Gasteiger partial charge in [-0.2, -0.15) is 0 Å². The lowest BCUT2D eigenvalue weighted by Crippen LogP contribution is -2.43. The number of fused-ring (bicyclic) bond motifs is 2. The second-order valence-electron chi connectivity index (χ2n) is 8.37. The Balaban J connectivity index is 1.69. The van der Waals surface area contributed by atoms with Crippen molar-refractivity contribution in [2.45, 2.75) is 31.7 Å². The molecule has 156 valence electrons. The summed E-state index contributed by atoms with van der Waals surface area (Å²) in [4.78, 5) is 44.3. The first-order chi connectivity index (χ1) is 14.9. The molecule has 3 aromatic rings. The third kappa shape index (κ3) is 2.75. The lowest BCUT2D eigenvalue weighted by Gasteiger charge is -2.34. The number of aromatic nitrogens is 1. The molecule has 6 nitrogen and oxygen atoms in total. The van der Waals surface area contributed by atoms with Crippen molar-refractivity contribution < 1.29 is 9.59 Å². The van der Waals surface area contributed by atoms with Gasteiger partial charge >= 0.3 is 0 Å². The van der Waals surface area contributed by atoms with Crippen molar-refractivity contribution >= 4 is 17.5 Å². The van der Waals surface area contributed by atoms with Gasteiger partial charge in [0.05, 0.1) is 6.04 Å². The number of nitrogens with zero attached hydrogens (tertiary/aromatic N) is 1. The molecule has 0 bridgehead atoms. The van der Waals surface area contributed by atoms with Gasteiger partial charge in [-0.15, -0.1) is 0 Å². The van der Waals surface area contributed by atoms with Crippen LogP contribution in [0.1, 0.15) is 45.2 Å². The van der Waals surface area contributed by atoms with Crippen molar-refractivity contribution in [3.8, 4) is 0 Å². The van der Waals surface area contributed by atoms with E-state index in [1.54, 1.807) is 24.8 Å². The number of hydrogen-bond acceptors (Lipinski definition) is 3. The maximum Gasteiger partial charge on any atom is 0.261 e. The molecule has 2 atom stereocenters. The molecule has 2 N–H and O–H groups in total. The molecular formula is C25H23N3O3. The number of hydrogen-bond donors (Lipinski definition) is 2. The summed E-state index contributed by atoms with van der Waals surface area (Å²) in [6.45, 7) is 3.95. The van der Waals surface area contributed by atoms with Gasteiger partial charge in [0.2, 0.25) is 5.91 Å². The van der Waals surface area contributed by atoms with Gasteiger partial charge in [-0.3, -0.25) is 14.4 Å². The standard InChI is InChI=1S/C25H23N3O3/c1-15-14-16(2)26-22(29)20(15)23(30)28-13-12-25(21(28)17-8-4-3-5-9-17)18-10-6-7-11-19(18)27-24(25)31/h3-11,14,21H,12-13H2,1-2H3,(H,26,29)(H,27,31). The fourth-order valence-corrected chi connectivity index (χ4v) is 5.27. The van der Waals surface area contributed by atoms with Gasteiger partial charge in [0, 0.05) is 17.9 Å². The number of aryl methyl sites for hydroxylation is 2. The van der Waals surface area contributed by atoms with Crippen LogP contribution in [0.4, 0.5) is 5.69 Å². The van der Waals surface area contributed by atoms with Crippen LogP contribution in [0.15, 0.2) is 65.5 Å². The maximum atomic E-state index is 13.7. The van der Waals surface area contributed by atoms with Crippen LogP contribution < -0.4 is 10.9 Å². The number of aromatic amines is 1. The van der Waals surface area contributed by atoms with Crippen molar-refractivity contribution in [2.75, 3.05) is 11.9 Å². The van der Waals surface area contributed by atoms with E-state index in [9.17, 15) is 14.4 Å². The molecule has 0 radical (unpaired) electrons. The van der Waals surface area contributed by atoms with Crippen molar-refractivity contribution in [2.24, 2.45) is 0 Å².